The highest BCUT2D eigenvalue weighted by Gasteiger charge is 2.32. The van der Waals surface area contributed by atoms with Crippen LogP contribution in [0, 0.1) is 0 Å². The van der Waals surface area contributed by atoms with Crippen LogP contribution in [0.25, 0.3) is 43.2 Å². The van der Waals surface area contributed by atoms with Crippen LogP contribution in [0.3, 0.4) is 0 Å². The molecule has 1 unspecified atom stereocenters. The van der Waals surface area contributed by atoms with Crippen molar-refractivity contribution in [2.45, 2.75) is 25.4 Å². The Bertz CT molecular complexity index is 2040. The minimum atomic E-state index is -0.308. The molecule has 7 rings (SSSR count). The summed E-state index contributed by atoms with van der Waals surface area (Å²) in [6.45, 7) is 0.306. The highest BCUT2D eigenvalue weighted by Crippen LogP contribution is 2.46. The molecule has 5 heterocycles. The van der Waals surface area contributed by atoms with Crippen LogP contribution in [0.5, 0.6) is 11.5 Å². The maximum absolute atomic E-state index is 13.4. The summed E-state index contributed by atoms with van der Waals surface area (Å²) in [6.07, 6.45) is 1.74. The molecule has 41 heavy (non-hydrogen) atoms. The average molecular weight is 624 g/mol. The monoisotopic (exact) mass is 622 g/mol. The first-order valence-corrected chi connectivity index (χ1v) is 15.4. The van der Waals surface area contributed by atoms with Gasteiger partial charge in [0, 0.05) is 15.6 Å². The third-order valence-electron chi connectivity index (χ3n) is 6.98. The second kappa shape index (κ2) is 10.7. The Morgan fingerprint density at radius 3 is 2.27 bits per heavy atom. The Morgan fingerprint density at radius 1 is 0.805 bits per heavy atom. The van der Waals surface area contributed by atoms with Crippen molar-refractivity contribution in [3.63, 3.8) is 0 Å². The Balaban J connectivity index is 1.09. The lowest BCUT2D eigenvalue weighted by Crippen LogP contribution is -2.19. The summed E-state index contributed by atoms with van der Waals surface area (Å²) >= 11 is 15.3. The van der Waals surface area contributed by atoms with Crippen molar-refractivity contribution in [1.29, 1.82) is 0 Å². The fourth-order valence-electron chi connectivity index (χ4n) is 5.04. The number of fused-ring (bicyclic) bond motifs is 5. The van der Waals surface area contributed by atoms with Crippen molar-refractivity contribution in [3.05, 3.63) is 101 Å². The van der Waals surface area contributed by atoms with Crippen LogP contribution >= 0.6 is 45.9 Å². The number of hydrogen-bond donors (Lipinski definition) is 0. The van der Waals surface area contributed by atoms with E-state index in [0.29, 0.717) is 63.0 Å². The molecule has 0 radical (unpaired) electrons. The predicted octanol–water partition coefficient (Wildman–Crippen LogP) is 9.35. The van der Waals surface area contributed by atoms with Gasteiger partial charge < -0.3 is 18.3 Å². The summed E-state index contributed by atoms with van der Waals surface area (Å²) in [4.78, 5) is 28.4. The third kappa shape index (κ3) is 4.75. The lowest BCUT2D eigenvalue weighted by atomic mass is 10.0. The van der Waals surface area contributed by atoms with Crippen molar-refractivity contribution in [2.75, 3.05) is 6.61 Å². The van der Waals surface area contributed by atoms with E-state index in [4.69, 9.17) is 41.5 Å². The normalized spacial score (nSPS) is 14.1. The minimum Gasteiger partial charge on any atom is -0.486 e. The van der Waals surface area contributed by atoms with Gasteiger partial charge in [0.25, 0.3) is 0 Å². The molecule has 4 aromatic heterocycles. The number of benzene rings is 2. The molecule has 0 amide bonds. The minimum absolute atomic E-state index is 0.174. The molecule has 2 aromatic carbocycles. The maximum Gasteiger partial charge on any atom is 0.235 e. The average Bonchev–Trinajstić information content (AvgIpc) is 3.68. The number of halogens is 2. The van der Waals surface area contributed by atoms with E-state index >= 15 is 0 Å². The van der Waals surface area contributed by atoms with Crippen LogP contribution in [0.1, 0.15) is 30.9 Å². The summed E-state index contributed by atoms with van der Waals surface area (Å²) in [7, 11) is 0. The fraction of sp³-hybridized carbons (Fsp3) is 0.161. The van der Waals surface area contributed by atoms with E-state index in [0.717, 1.165) is 21.7 Å². The highest BCUT2D eigenvalue weighted by molar-refractivity contribution is 7.14. The van der Waals surface area contributed by atoms with Gasteiger partial charge in [0.05, 0.1) is 27.1 Å². The third-order valence-corrected chi connectivity index (χ3v) is 9.25. The van der Waals surface area contributed by atoms with Crippen LogP contribution in [0.2, 0.25) is 10.0 Å². The van der Waals surface area contributed by atoms with Crippen LogP contribution in [-0.2, 0) is 0 Å². The Kier molecular flexibility index (Phi) is 6.87. The molecule has 1 aliphatic heterocycles. The van der Waals surface area contributed by atoms with Crippen molar-refractivity contribution < 1.29 is 18.3 Å². The van der Waals surface area contributed by atoms with Crippen molar-refractivity contribution in [3.8, 4) is 32.8 Å². The number of hydrogen-bond acceptors (Lipinski definition) is 8. The Morgan fingerprint density at radius 2 is 1.54 bits per heavy atom. The molecule has 1 atom stereocenters. The summed E-state index contributed by atoms with van der Waals surface area (Å²) in [5, 5.41) is 5.57. The van der Waals surface area contributed by atoms with E-state index in [9.17, 15) is 9.59 Å². The summed E-state index contributed by atoms with van der Waals surface area (Å²) in [5.41, 5.74) is 1.42. The largest absolute Gasteiger partial charge is 0.486 e. The van der Waals surface area contributed by atoms with Gasteiger partial charge in [0.2, 0.25) is 22.4 Å². The summed E-state index contributed by atoms with van der Waals surface area (Å²) < 4.78 is 24.5. The van der Waals surface area contributed by atoms with Gasteiger partial charge in [0.15, 0.2) is 11.5 Å². The van der Waals surface area contributed by atoms with Crippen LogP contribution in [-0.4, -0.2) is 6.61 Å². The topological polar surface area (TPSA) is 78.9 Å². The molecule has 10 heteroatoms. The summed E-state index contributed by atoms with van der Waals surface area (Å²) in [6, 6.07) is 15.8. The molecule has 6 nitrogen and oxygen atoms in total. The molecule has 0 aliphatic carbocycles. The van der Waals surface area contributed by atoms with Crippen LogP contribution in [0.4, 0.5) is 0 Å². The first kappa shape index (κ1) is 26.3. The van der Waals surface area contributed by atoms with Crippen molar-refractivity contribution >= 4 is 67.8 Å². The zero-order chi connectivity index (χ0) is 28.1. The first-order chi connectivity index (χ1) is 20.0. The molecule has 0 saturated carbocycles. The standard InChI is InChI=1S/C31H20Cl2O6S2/c32-16-6-8-22-19(14-16)25(34)28(27(37-22)24-5-3-12-40-24)36-11-2-1-4-21-18-10-13-41-31(18)30-29(38-21)26(35)20-15-17(33)7-9-23(20)39-30/h3,5-10,12-15,21H,1-2,4,11H2. The van der Waals surface area contributed by atoms with Gasteiger partial charge in [-0.3, -0.25) is 9.59 Å². The van der Waals surface area contributed by atoms with Crippen LogP contribution in [0.15, 0.2) is 83.8 Å². The molecule has 0 saturated heterocycles. The van der Waals surface area contributed by atoms with E-state index in [-0.39, 0.29) is 28.5 Å². The van der Waals surface area contributed by atoms with Gasteiger partial charge in [-0.25, -0.2) is 0 Å². The van der Waals surface area contributed by atoms with E-state index in [1.54, 1.807) is 36.4 Å². The Labute approximate surface area is 251 Å². The maximum atomic E-state index is 13.4. The lowest BCUT2D eigenvalue weighted by Gasteiger charge is -2.25. The smallest absolute Gasteiger partial charge is 0.235 e. The number of ether oxygens (including phenoxy) is 2. The molecule has 1 aliphatic rings. The Hall–Kier alpha value is -3.56. The van der Waals surface area contributed by atoms with Crippen molar-refractivity contribution in [2.24, 2.45) is 0 Å². The molecule has 0 spiro atoms. The lowest BCUT2D eigenvalue weighted by molar-refractivity contribution is 0.177. The van der Waals surface area contributed by atoms with Crippen LogP contribution < -0.4 is 20.3 Å². The molecule has 0 fully saturated rings. The van der Waals surface area contributed by atoms with E-state index in [2.05, 4.69) is 0 Å². The second-order valence-corrected chi connectivity index (χ2v) is 12.3. The van der Waals surface area contributed by atoms with Gasteiger partial charge in [-0.15, -0.1) is 22.7 Å². The molecular formula is C31H20Cl2O6S2. The predicted molar refractivity (Wildman–Crippen MR) is 164 cm³/mol. The van der Waals surface area contributed by atoms with E-state index in [1.165, 1.54) is 22.7 Å². The quantitative estimate of drug-likeness (QED) is 0.165. The van der Waals surface area contributed by atoms with E-state index in [1.807, 2.05) is 29.0 Å². The molecule has 0 N–H and O–H groups in total. The van der Waals surface area contributed by atoms with Gasteiger partial charge >= 0.3 is 0 Å². The first-order valence-electron chi connectivity index (χ1n) is 12.9. The number of rotatable bonds is 7. The SMILES string of the molecule is O=c1c(OCCCCC2Oc3c(oc4ccc(Cl)cc4c3=O)-c3sccc32)c(-c2cccs2)oc2ccc(Cl)cc12. The molecule has 0 bridgehead atoms. The molecule has 6 aromatic rings. The van der Waals surface area contributed by atoms with Gasteiger partial charge in [-0.1, -0.05) is 29.3 Å². The highest BCUT2D eigenvalue weighted by atomic mass is 35.5. The molecule has 206 valence electrons. The van der Waals surface area contributed by atoms with Crippen molar-refractivity contribution in [1.82, 2.24) is 0 Å². The van der Waals surface area contributed by atoms with Gasteiger partial charge in [-0.2, -0.15) is 0 Å². The second-order valence-electron chi connectivity index (χ2n) is 9.59. The fourth-order valence-corrected chi connectivity index (χ4v) is 7.02. The summed E-state index contributed by atoms with van der Waals surface area (Å²) in [5.74, 6) is 1.25. The van der Waals surface area contributed by atoms with Gasteiger partial charge in [0.1, 0.15) is 17.3 Å². The van der Waals surface area contributed by atoms with E-state index < -0.39 is 0 Å². The zero-order valence-corrected chi connectivity index (χ0v) is 24.4. The zero-order valence-electron chi connectivity index (χ0n) is 21.3. The van der Waals surface area contributed by atoms with Gasteiger partial charge in [-0.05, 0) is 78.6 Å². The molecular weight excluding hydrogens is 603 g/mol. The number of thiophene rings is 2. The number of unbranched alkanes of at least 4 members (excludes halogenated alkanes) is 1.